The maximum absolute atomic E-state index is 12.6. The Kier molecular flexibility index (Phi) is 3.45. The fraction of sp³-hybridized carbons (Fsp3) is 0.400. The molecule has 1 saturated heterocycles. The lowest BCUT2D eigenvalue weighted by atomic mass is 9.95. The minimum absolute atomic E-state index is 0.0967. The lowest BCUT2D eigenvalue weighted by Gasteiger charge is -2.31. The van der Waals surface area contributed by atoms with Gasteiger partial charge in [0.2, 0.25) is 11.8 Å². The Bertz CT molecular complexity index is 631. The van der Waals surface area contributed by atoms with Gasteiger partial charge < -0.3 is 0 Å². The standard InChI is InChI=1S/C15H15ClN2O3/c1-2-8-7-11(8)18-14(20)12(13(19)17-15(18)21)9-5-3-4-6-10(9)16/h3-6,8,11-12H,2,7H2,1H3,(H,17,19,21). The second kappa shape index (κ2) is 5.15. The number of hydrogen-bond donors (Lipinski definition) is 1. The van der Waals surface area contributed by atoms with Gasteiger partial charge in [-0.1, -0.05) is 43.1 Å². The third kappa shape index (κ3) is 2.31. The van der Waals surface area contributed by atoms with Crippen LogP contribution in [0.2, 0.25) is 5.02 Å². The Balaban J connectivity index is 1.94. The monoisotopic (exact) mass is 306 g/mol. The quantitative estimate of drug-likeness (QED) is 0.871. The molecule has 1 aromatic rings. The summed E-state index contributed by atoms with van der Waals surface area (Å²) in [6, 6.07) is 6.00. The van der Waals surface area contributed by atoms with E-state index in [1.165, 1.54) is 4.90 Å². The van der Waals surface area contributed by atoms with Crippen LogP contribution in [-0.4, -0.2) is 28.8 Å². The number of amides is 4. The molecule has 0 aromatic heterocycles. The van der Waals surface area contributed by atoms with E-state index >= 15 is 0 Å². The number of hydrogen-bond acceptors (Lipinski definition) is 3. The van der Waals surface area contributed by atoms with Crippen molar-refractivity contribution in [3.05, 3.63) is 34.9 Å². The molecule has 1 N–H and O–H groups in total. The molecule has 1 aliphatic heterocycles. The second-order valence-electron chi connectivity index (χ2n) is 5.43. The summed E-state index contributed by atoms with van der Waals surface area (Å²) in [6.07, 6.45) is 1.71. The number of carbonyl (C=O) groups is 3. The first-order valence-corrected chi connectivity index (χ1v) is 7.34. The van der Waals surface area contributed by atoms with Gasteiger partial charge in [0.05, 0.1) is 0 Å². The third-order valence-electron chi connectivity index (χ3n) is 4.15. The molecule has 21 heavy (non-hydrogen) atoms. The van der Waals surface area contributed by atoms with E-state index in [1.807, 2.05) is 6.92 Å². The molecule has 4 amide bonds. The van der Waals surface area contributed by atoms with E-state index in [1.54, 1.807) is 24.3 Å². The molecule has 0 spiro atoms. The first kappa shape index (κ1) is 14.1. The number of nitrogens with zero attached hydrogens (tertiary/aromatic N) is 1. The highest BCUT2D eigenvalue weighted by atomic mass is 35.5. The summed E-state index contributed by atoms with van der Waals surface area (Å²) in [4.78, 5) is 37.9. The summed E-state index contributed by atoms with van der Waals surface area (Å²) >= 11 is 6.09. The Morgan fingerprint density at radius 3 is 2.62 bits per heavy atom. The number of imide groups is 2. The molecule has 2 aliphatic rings. The third-order valence-corrected chi connectivity index (χ3v) is 4.50. The van der Waals surface area contributed by atoms with Gasteiger partial charge in [-0.2, -0.15) is 0 Å². The molecule has 6 heteroatoms. The average molecular weight is 307 g/mol. The van der Waals surface area contributed by atoms with Crippen molar-refractivity contribution in [2.45, 2.75) is 31.7 Å². The second-order valence-corrected chi connectivity index (χ2v) is 5.84. The number of benzene rings is 1. The van der Waals surface area contributed by atoms with E-state index in [0.717, 1.165) is 12.8 Å². The van der Waals surface area contributed by atoms with Gasteiger partial charge in [0, 0.05) is 11.1 Å². The number of barbiturate groups is 1. The van der Waals surface area contributed by atoms with E-state index in [9.17, 15) is 14.4 Å². The Labute approximate surface area is 127 Å². The van der Waals surface area contributed by atoms with E-state index < -0.39 is 23.8 Å². The largest absolute Gasteiger partial charge is 0.331 e. The average Bonchev–Trinajstić information content (AvgIpc) is 3.19. The van der Waals surface area contributed by atoms with E-state index in [2.05, 4.69) is 5.32 Å². The van der Waals surface area contributed by atoms with Crippen LogP contribution in [0.4, 0.5) is 4.79 Å². The van der Waals surface area contributed by atoms with Gasteiger partial charge in [-0.3, -0.25) is 19.8 Å². The summed E-state index contributed by atoms with van der Waals surface area (Å²) in [7, 11) is 0. The fourth-order valence-electron chi connectivity index (χ4n) is 2.87. The Hall–Kier alpha value is -1.88. The summed E-state index contributed by atoms with van der Waals surface area (Å²) < 4.78 is 0. The first-order chi connectivity index (χ1) is 10.0. The molecule has 5 nitrogen and oxygen atoms in total. The highest BCUT2D eigenvalue weighted by molar-refractivity contribution is 6.32. The van der Waals surface area contributed by atoms with E-state index in [4.69, 9.17) is 11.6 Å². The van der Waals surface area contributed by atoms with Crippen molar-refractivity contribution < 1.29 is 14.4 Å². The summed E-state index contributed by atoms with van der Waals surface area (Å²) in [5.74, 6) is -1.80. The van der Waals surface area contributed by atoms with Crippen molar-refractivity contribution >= 4 is 29.4 Å². The van der Waals surface area contributed by atoms with Crippen LogP contribution in [0.15, 0.2) is 24.3 Å². The van der Waals surface area contributed by atoms with Crippen LogP contribution < -0.4 is 5.32 Å². The van der Waals surface area contributed by atoms with Crippen molar-refractivity contribution in [1.82, 2.24) is 10.2 Å². The number of nitrogens with one attached hydrogen (secondary N) is 1. The zero-order valence-electron chi connectivity index (χ0n) is 11.5. The van der Waals surface area contributed by atoms with Gasteiger partial charge in [-0.25, -0.2) is 4.79 Å². The van der Waals surface area contributed by atoms with Crippen LogP contribution in [0.1, 0.15) is 31.2 Å². The molecule has 0 radical (unpaired) electrons. The molecule has 2 fully saturated rings. The lowest BCUT2D eigenvalue weighted by molar-refractivity contribution is -0.139. The molecule has 1 aliphatic carbocycles. The van der Waals surface area contributed by atoms with Gasteiger partial charge in [-0.05, 0) is 24.0 Å². The first-order valence-electron chi connectivity index (χ1n) is 6.97. The number of halogens is 1. The fourth-order valence-corrected chi connectivity index (χ4v) is 3.12. The van der Waals surface area contributed by atoms with Gasteiger partial charge in [0.15, 0.2) is 0 Å². The van der Waals surface area contributed by atoms with Gasteiger partial charge in [0.25, 0.3) is 0 Å². The summed E-state index contributed by atoms with van der Waals surface area (Å²) in [5.41, 5.74) is 0.438. The Morgan fingerprint density at radius 1 is 1.29 bits per heavy atom. The molecule has 3 unspecified atom stereocenters. The summed E-state index contributed by atoms with van der Waals surface area (Å²) in [5, 5.41) is 2.62. The minimum Gasteiger partial charge on any atom is -0.277 e. The van der Waals surface area contributed by atoms with Crippen LogP contribution in [0, 0.1) is 5.92 Å². The molecule has 3 atom stereocenters. The minimum atomic E-state index is -1.05. The molecule has 1 heterocycles. The van der Waals surface area contributed by atoms with Gasteiger partial charge in [-0.15, -0.1) is 0 Å². The molecule has 1 saturated carbocycles. The maximum Gasteiger partial charge on any atom is 0.331 e. The highest BCUT2D eigenvalue weighted by Gasteiger charge is 2.51. The highest BCUT2D eigenvalue weighted by Crippen LogP contribution is 2.41. The zero-order chi connectivity index (χ0) is 15.1. The molecule has 1 aromatic carbocycles. The smallest absolute Gasteiger partial charge is 0.277 e. The van der Waals surface area contributed by atoms with Crippen molar-refractivity contribution in [3.63, 3.8) is 0 Å². The number of urea groups is 1. The van der Waals surface area contributed by atoms with Crippen LogP contribution in [0.3, 0.4) is 0 Å². The maximum atomic E-state index is 12.6. The van der Waals surface area contributed by atoms with Crippen molar-refractivity contribution in [2.24, 2.45) is 5.92 Å². The van der Waals surface area contributed by atoms with Crippen molar-refractivity contribution in [1.29, 1.82) is 0 Å². The normalized spacial score (nSPS) is 28.6. The van der Waals surface area contributed by atoms with Gasteiger partial charge in [0.1, 0.15) is 5.92 Å². The van der Waals surface area contributed by atoms with E-state index in [-0.39, 0.29) is 6.04 Å². The van der Waals surface area contributed by atoms with Crippen LogP contribution in [0.5, 0.6) is 0 Å². The predicted octanol–water partition coefficient (Wildman–Crippen LogP) is 2.30. The molecular formula is C15H15ClN2O3. The van der Waals surface area contributed by atoms with Gasteiger partial charge >= 0.3 is 6.03 Å². The zero-order valence-corrected chi connectivity index (χ0v) is 12.3. The van der Waals surface area contributed by atoms with Crippen molar-refractivity contribution in [3.8, 4) is 0 Å². The van der Waals surface area contributed by atoms with Crippen LogP contribution in [-0.2, 0) is 9.59 Å². The molecular weight excluding hydrogens is 292 g/mol. The summed E-state index contributed by atoms with van der Waals surface area (Å²) in [6.45, 7) is 2.02. The number of carbonyl (C=O) groups excluding carboxylic acids is 3. The Morgan fingerprint density at radius 2 is 2.00 bits per heavy atom. The topological polar surface area (TPSA) is 66.5 Å². The van der Waals surface area contributed by atoms with E-state index in [0.29, 0.717) is 16.5 Å². The molecule has 3 rings (SSSR count). The SMILES string of the molecule is CCC1CC1N1C(=O)NC(=O)C(c2ccccc2Cl)C1=O. The molecule has 110 valence electrons. The number of rotatable bonds is 3. The lowest BCUT2D eigenvalue weighted by Crippen LogP contribution is -2.57. The van der Waals surface area contributed by atoms with Crippen LogP contribution in [0.25, 0.3) is 0 Å². The predicted molar refractivity (Wildman–Crippen MR) is 76.8 cm³/mol. The van der Waals surface area contributed by atoms with Crippen molar-refractivity contribution in [2.75, 3.05) is 0 Å². The van der Waals surface area contributed by atoms with Crippen LogP contribution >= 0.6 is 11.6 Å². The molecule has 0 bridgehead atoms.